The average Bonchev–Trinajstić information content (AvgIpc) is 3.18. The Morgan fingerprint density at radius 3 is 2.68 bits per heavy atom. The molecule has 1 aromatic heterocycles. The molecule has 1 saturated heterocycles. The van der Waals surface area contributed by atoms with E-state index < -0.39 is 0 Å². The lowest BCUT2D eigenvalue weighted by Crippen LogP contribution is -2.41. The molecular formula is C25H32N4O2. The van der Waals surface area contributed by atoms with Crippen molar-refractivity contribution in [1.29, 1.82) is 0 Å². The van der Waals surface area contributed by atoms with E-state index >= 15 is 0 Å². The standard InChI is InChI=1S/C25H32N4O2/c30-25(21-6-7-24(26-16-21)28-22-10-13-31-17-22)27-15-18-4-5-19-8-11-29(23-2-1-3-23)12-9-20(19)14-18/h4-7,14,16,22-23H,1-3,8-13,15,17H2,(H,26,28)(H,27,30)/t22-/m1/s1. The van der Waals surface area contributed by atoms with Crippen LogP contribution >= 0.6 is 0 Å². The molecule has 2 aromatic rings. The van der Waals surface area contributed by atoms with Gasteiger partial charge in [0.05, 0.1) is 18.2 Å². The van der Waals surface area contributed by atoms with Crippen LogP contribution in [-0.2, 0) is 24.1 Å². The molecule has 3 aliphatic rings. The fourth-order valence-corrected chi connectivity index (χ4v) is 4.78. The van der Waals surface area contributed by atoms with Crippen LogP contribution in [0.1, 0.15) is 52.7 Å². The fourth-order valence-electron chi connectivity index (χ4n) is 4.78. The molecule has 5 rings (SSSR count). The number of nitrogens with zero attached hydrogens (tertiary/aromatic N) is 2. The molecule has 3 heterocycles. The zero-order chi connectivity index (χ0) is 21.0. The van der Waals surface area contributed by atoms with Crippen molar-refractivity contribution < 1.29 is 9.53 Å². The highest BCUT2D eigenvalue weighted by molar-refractivity contribution is 5.94. The first-order valence-electron chi connectivity index (χ1n) is 11.7. The van der Waals surface area contributed by atoms with Crippen LogP contribution in [0.25, 0.3) is 0 Å². The van der Waals surface area contributed by atoms with Crippen LogP contribution in [0, 0.1) is 0 Å². The number of benzene rings is 1. The summed E-state index contributed by atoms with van der Waals surface area (Å²) in [7, 11) is 0. The van der Waals surface area contributed by atoms with Crippen LogP contribution in [0.3, 0.4) is 0 Å². The summed E-state index contributed by atoms with van der Waals surface area (Å²) in [6.45, 7) is 4.38. The SMILES string of the molecule is O=C(NCc1ccc2c(c1)CCN(C1CCC1)CC2)c1ccc(N[C@@H]2CCOC2)nc1. The summed E-state index contributed by atoms with van der Waals surface area (Å²) in [5, 5.41) is 6.39. The van der Waals surface area contributed by atoms with E-state index in [1.54, 1.807) is 6.20 Å². The first-order valence-corrected chi connectivity index (χ1v) is 11.7. The van der Waals surface area contributed by atoms with Crippen molar-refractivity contribution in [3.63, 3.8) is 0 Å². The molecule has 1 atom stereocenters. The number of carbonyl (C=O) groups is 1. The largest absolute Gasteiger partial charge is 0.379 e. The van der Waals surface area contributed by atoms with Crippen LogP contribution < -0.4 is 10.6 Å². The first kappa shape index (κ1) is 20.5. The maximum absolute atomic E-state index is 12.6. The molecule has 0 radical (unpaired) electrons. The second kappa shape index (κ2) is 9.37. The smallest absolute Gasteiger partial charge is 0.253 e. The van der Waals surface area contributed by atoms with Crippen molar-refractivity contribution >= 4 is 11.7 Å². The first-order chi connectivity index (χ1) is 15.2. The highest BCUT2D eigenvalue weighted by Crippen LogP contribution is 2.27. The highest BCUT2D eigenvalue weighted by atomic mass is 16.5. The van der Waals surface area contributed by atoms with Gasteiger partial charge in [-0.1, -0.05) is 24.6 Å². The summed E-state index contributed by atoms with van der Waals surface area (Å²) in [4.78, 5) is 19.6. The van der Waals surface area contributed by atoms with Gasteiger partial charge in [0.2, 0.25) is 0 Å². The van der Waals surface area contributed by atoms with Crippen LogP contribution in [0.15, 0.2) is 36.5 Å². The van der Waals surface area contributed by atoms with E-state index in [1.807, 2.05) is 12.1 Å². The Kier molecular flexibility index (Phi) is 6.18. The van der Waals surface area contributed by atoms with E-state index in [2.05, 4.69) is 38.7 Å². The summed E-state index contributed by atoms with van der Waals surface area (Å²) in [6.07, 6.45) is 9.00. The number of carbonyl (C=O) groups excluding carboxylic acids is 1. The molecule has 6 nitrogen and oxygen atoms in total. The van der Waals surface area contributed by atoms with Gasteiger partial charge in [-0.25, -0.2) is 4.98 Å². The average molecular weight is 421 g/mol. The van der Waals surface area contributed by atoms with E-state index in [9.17, 15) is 4.79 Å². The third kappa shape index (κ3) is 4.91. The zero-order valence-electron chi connectivity index (χ0n) is 18.1. The molecule has 2 fully saturated rings. The molecule has 0 spiro atoms. The van der Waals surface area contributed by atoms with Crippen molar-refractivity contribution in [3.8, 4) is 0 Å². The molecule has 2 aliphatic heterocycles. The summed E-state index contributed by atoms with van der Waals surface area (Å²) in [5.74, 6) is 0.697. The molecule has 31 heavy (non-hydrogen) atoms. The van der Waals surface area contributed by atoms with Crippen molar-refractivity contribution in [1.82, 2.24) is 15.2 Å². The number of ether oxygens (including phenoxy) is 1. The molecule has 0 unspecified atom stereocenters. The monoisotopic (exact) mass is 420 g/mol. The lowest BCUT2D eigenvalue weighted by molar-refractivity contribution is 0.0950. The molecule has 1 aliphatic carbocycles. The van der Waals surface area contributed by atoms with Crippen LogP contribution in [0.2, 0.25) is 0 Å². The number of aromatic nitrogens is 1. The van der Waals surface area contributed by atoms with Gasteiger partial charge < -0.3 is 15.4 Å². The third-order valence-corrected chi connectivity index (χ3v) is 6.96. The summed E-state index contributed by atoms with van der Waals surface area (Å²) < 4.78 is 5.37. The van der Waals surface area contributed by atoms with E-state index in [1.165, 1.54) is 36.9 Å². The Hall–Kier alpha value is -2.44. The van der Waals surface area contributed by atoms with E-state index in [0.717, 1.165) is 49.8 Å². The summed E-state index contributed by atoms with van der Waals surface area (Å²) >= 11 is 0. The normalized spacial score (nSPS) is 21.7. The Bertz CT molecular complexity index is 904. The van der Waals surface area contributed by atoms with Gasteiger partial charge in [-0.05, 0) is 60.9 Å². The molecule has 2 N–H and O–H groups in total. The topological polar surface area (TPSA) is 66.5 Å². The minimum Gasteiger partial charge on any atom is -0.379 e. The summed E-state index contributed by atoms with van der Waals surface area (Å²) in [6, 6.07) is 11.5. The molecule has 6 heteroatoms. The van der Waals surface area contributed by atoms with Gasteiger partial charge >= 0.3 is 0 Å². The number of rotatable bonds is 6. The van der Waals surface area contributed by atoms with Gasteiger partial charge in [0, 0.05) is 38.5 Å². The van der Waals surface area contributed by atoms with Crippen molar-refractivity contribution in [3.05, 3.63) is 58.8 Å². The van der Waals surface area contributed by atoms with Crippen molar-refractivity contribution in [2.45, 2.75) is 57.2 Å². The van der Waals surface area contributed by atoms with Gasteiger partial charge in [-0.2, -0.15) is 0 Å². The lowest BCUT2D eigenvalue weighted by atomic mass is 9.91. The molecule has 0 bridgehead atoms. The van der Waals surface area contributed by atoms with Gasteiger partial charge in [0.25, 0.3) is 5.91 Å². The molecule has 1 amide bonds. The minimum absolute atomic E-state index is 0.0886. The Balaban J connectivity index is 1.15. The predicted octanol–water partition coefficient (Wildman–Crippen LogP) is 3.17. The Morgan fingerprint density at radius 1 is 1.10 bits per heavy atom. The van der Waals surface area contributed by atoms with Crippen LogP contribution in [-0.4, -0.2) is 54.2 Å². The summed E-state index contributed by atoms with van der Waals surface area (Å²) in [5.41, 5.74) is 4.66. The third-order valence-electron chi connectivity index (χ3n) is 6.96. The van der Waals surface area contributed by atoms with Gasteiger partial charge in [0.1, 0.15) is 5.82 Å². The molecular weight excluding hydrogens is 388 g/mol. The number of nitrogens with one attached hydrogen (secondary N) is 2. The van der Waals surface area contributed by atoms with Crippen molar-refractivity contribution in [2.24, 2.45) is 0 Å². The van der Waals surface area contributed by atoms with E-state index in [4.69, 9.17) is 4.74 Å². The number of fused-ring (bicyclic) bond motifs is 1. The second-order valence-electron chi connectivity index (χ2n) is 9.04. The number of pyridine rings is 1. The van der Waals surface area contributed by atoms with Gasteiger partial charge in [-0.3, -0.25) is 9.69 Å². The maximum atomic E-state index is 12.6. The van der Waals surface area contributed by atoms with Crippen LogP contribution in [0.4, 0.5) is 5.82 Å². The molecule has 1 saturated carbocycles. The molecule has 164 valence electrons. The Labute approximate surface area is 184 Å². The zero-order valence-corrected chi connectivity index (χ0v) is 18.1. The van der Waals surface area contributed by atoms with Crippen molar-refractivity contribution in [2.75, 3.05) is 31.6 Å². The van der Waals surface area contributed by atoms with Gasteiger partial charge in [-0.15, -0.1) is 0 Å². The number of hydrogen-bond acceptors (Lipinski definition) is 5. The van der Waals surface area contributed by atoms with E-state index in [0.29, 0.717) is 24.8 Å². The van der Waals surface area contributed by atoms with Crippen LogP contribution in [0.5, 0.6) is 0 Å². The predicted molar refractivity (Wildman–Crippen MR) is 121 cm³/mol. The lowest BCUT2D eigenvalue weighted by Gasteiger charge is -2.36. The Morgan fingerprint density at radius 2 is 1.97 bits per heavy atom. The number of hydrogen-bond donors (Lipinski definition) is 2. The highest BCUT2D eigenvalue weighted by Gasteiger charge is 2.26. The second-order valence-corrected chi connectivity index (χ2v) is 9.04. The minimum atomic E-state index is -0.0886. The fraction of sp³-hybridized carbons (Fsp3) is 0.520. The quantitative estimate of drug-likeness (QED) is 0.752. The van der Waals surface area contributed by atoms with E-state index in [-0.39, 0.29) is 5.91 Å². The molecule has 1 aromatic carbocycles. The number of amides is 1. The number of anilines is 1. The van der Waals surface area contributed by atoms with Gasteiger partial charge in [0.15, 0.2) is 0 Å². The maximum Gasteiger partial charge on any atom is 0.253 e.